The van der Waals surface area contributed by atoms with E-state index < -0.39 is 12.6 Å². The quantitative estimate of drug-likeness (QED) is 0.374. The Bertz CT molecular complexity index is 1250. The lowest BCUT2D eigenvalue weighted by Gasteiger charge is -2.12. The molecule has 4 rings (SSSR count). The molecular weight excluding hydrogens is 424 g/mol. The molecule has 1 amide bonds. The molecule has 0 spiro atoms. The van der Waals surface area contributed by atoms with E-state index in [1.165, 1.54) is 11.3 Å². The zero-order chi connectivity index (χ0) is 22.7. The predicted molar refractivity (Wildman–Crippen MR) is 127 cm³/mol. The van der Waals surface area contributed by atoms with Gasteiger partial charge in [-0.25, -0.2) is 9.78 Å². The predicted octanol–water partition coefficient (Wildman–Crippen LogP) is 5.80. The lowest BCUT2D eigenvalue weighted by Crippen LogP contribution is -2.13. The molecule has 4 aromatic rings. The number of nitrogens with one attached hydrogen (secondary N) is 1. The van der Waals surface area contributed by atoms with Gasteiger partial charge in [-0.15, -0.1) is 11.3 Å². The smallest absolute Gasteiger partial charge is 0.341 e. The first-order valence-electron chi connectivity index (χ1n) is 10.2. The second-order valence-corrected chi connectivity index (χ2v) is 8.64. The Morgan fingerprint density at radius 3 is 2.50 bits per heavy atom. The summed E-state index contributed by atoms with van der Waals surface area (Å²) in [5, 5.41) is 12.6. The number of hydrogen-bond donors (Lipinski definition) is 2. The molecule has 0 unspecified atom stereocenters. The number of carboxylic acids is 1. The summed E-state index contributed by atoms with van der Waals surface area (Å²) >= 11 is 1.49. The van der Waals surface area contributed by atoms with E-state index in [2.05, 4.69) is 24.1 Å². The van der Waals surface area contributed by atoms with Crippen LogP contribution in [0.25, 0.3) is 20.8 Å². The normalized spacial score (nSPS) is 11.0. The highest BCUT2D eigenvalue weighted by Gasteiger charge is 2.15. The number of thiazole rings is 1. The number of ether oxygens (including phenoxy) is 1. The Morgan fingerprint density at radius 2 is 1.81 bits per heavy atom. The van der Waals surface area contributed by atoms with Crippen molar-refractivity contribution in [2.24, 2.45) is 0 Å². The van der Waals surface area contributed by atoms with Gasteiger partial charge >= 0.3 is 5.97 Å². The Morgan fingerprint density at radius 1 is 1.06 bits per heavy atom. The summed E-state index contributed by atoms with van der Waals surface area (Å²) < 4.78 is 6.56. The SMILES string of the molecule is CC(C)c1ccc(C(=O)Nc2ccc(-c3nc4ccccc4s3)c(OCC(=O)O)c2)cc1. The molecule has 0 fully saturated rings. The van der Waals surface area contributed by atoms with Crippen molar-refractivity contribution in [3.8, 4) is 16.3 Å². The number of carboxylic acid groups (broad SMARTS) is 1. The second-order valence-electron chi connectivity index (χ2n) is 7.61. The van der Waals surface area contributed by atoms with Gasteiger partial charge in [0, 0.05) is 17.3 Å². The number of carbonyl (C=O) groups excluding carboxylic acids is 1. The van der Waals surface area contributed by atoms with Gasteiger partial charge < -0.3 is 15.2 Å². The highest BCUT2D eigenvalue weighted by atomic mass is 32.1. The van der Waals surface area contributed by atoms with Gasteiger partial charge in [0.2, 0.25) is 0 Å². The van der Waals surface area contributed by atoms with E-state index in [9.17, 15) is 9.59 Å². The van der Waals surface area contributed by atoms with Crippen LogP contribution in [0.3, 0.4) is 0 Å². The molecule has 2 N–H and O–H groups in total. The molecular formula is C25H22N2O4S. The molecule has 0 atom stereocenters. The third-order valence-corrected chi connectivity index (χ3v) is 6.02. The average molecular weight is 447 g/mol. The van der Waals surface area contributed by atoms with Crippen LogP contribution in [-0.2, 0) is 4.79 Å². The molecule has 3 aromatic carbocycles. The van der Waals surface area contributed by atoms with Crippen LogP contribution in [-0.4, -0.2) is 28.6 Å². The van der Waals surface area contributed by atoms with Crippen LogP contribution in [0, 0.1) is 0 Å². The highest BCUT2D eigenvalue weighted by Crippen LogP contribution is 2.37. The van der Waals surface area contributed by atoms with Crippen LogP contribution >= 0.6 is 11.3 Å². The number of aliphatic carboxylic acids is 1. The maximum absolute atomic E-state index is 12.7. The van der Waals surface area contributed by atoms with E-state index in [-0.39, 0.29) is 5.91 Å². The zero-order valence-corrected chi connectivity index (χ0v) is 18.5. The van der Waals surface area contributed by atoms with Crippen molar-refractivity contribution >= 4 is 39.1 Å². The summed E-state index contributed by atoms with van der Waals surface area (Å²) in [5.74, 6) is -0.604. The zero-order valence-electron chi connectivity index (χ0n) is 17.7. The molecule has 0 saturated carbocycles. The fourth-order valence-electron chi connectivity index (χ4n) is 3.25. The number of hydrogen-bond acceptors (Lipinski definition) is 5. The monoisotopic (exact) mass is 446 g/mol. The molecule has 0 bridgehead atoms. The van der Waals surface area contributed by atoms with Crippen LogP contribution in [0.5, 0.6) is 5.75 Å². The van der Waals surface area contributed by atoms with E-state index in [0.717, 1.165) is 15.8 Å². The average Bonchev–Trinajstić information content (AvgIpc) is 3.22. The lowest BCUT2D eigenvalue weighted by molar-refractivity contribution is -0.139. The number of rotatable bonds is 7. The Balaban J connectivity index is 1.62. The number of carbonyl (C=O) groups is 2. The number of fused-ring (bicyclic) bond motifs is 1. The summed E-state index contributed by atoms with van der Waals surface area (Å²) in [7, 11) is 0. The van der Waals surface area contributed by atoms with Crippen LogP contribution in [0.1, 0.15) is 35.7 Å². The Labute approximate surface area is 189 Å². The van der Waals surface area contributed by atoms with Gasteiger partial charge in [-0.2, -0.15) is 0 Å². The number of aromatic nitrogens is 1. The van der Waals surface area contributed by atoms with Gasteiger partial charge in [-0.1, -0.05) is 38.1 Å². The third-order valence-electron chi connectivity index (χ3n) is 4.95. The molecule has 7 heteroatoms. The Hall–Kier alpha value is -3.71. The van der Waals surface area contributed by atoms with E-state index in [1.54, 1.807) is 30.3 Å². The molecule has 1 aromatic heterocycles. The minimum atomic E-state index is -1.08. The van der Waals surface area contributed by atoms with E-state index in [4.69, 9.17) is 9.84 Å². The first-order chi connectivity index (χ1) is 15.4. The number of benzene rings is 3. The Kier molecular flexibility index (Phi) is 6.18. The molecule has 0 radical (unpaired) electrons. The molecule has 0 aliphatic carbocycles. The lowest BCUT2D eigenvalue weighted by atomic mass is 10.0. The second kappa shape index (κ2) is 9.20. The summed E-state index contributed by atoms with van der Waals surface area (Å²) in [6.45, 7) is 3.70. The molecule has 0 aliphatic heterocycles. The van der Waals surface area contributed by atoms with Crippen molar-refractivity contribution in [3.05, 3.63) is 77.9 Å². The maximum Gasteiger partial charge on any atom is 0.341 e. The maximum atomic E-state index is 12.7. The summed E-state index contributed by atoms with van der Waals surface area (Å²) in [6, 6.07) is 20.4. The van der Waals surface area contributed by atoms with Crippen molar-refractivity contribution in [2.45, 2.75) is 19.8 Å². The van der Waals surface area contributed by atoms with Gasteiger partial charge in [0.1, 0.15) is 10.8 Å². The molecule has 6 nitrogen and oxygen atoms in total. The fourth-order valence-corrected chi connectivity index (χ4v) is 4.24. The standard InChI is InChI=1S/C25H22N2O4S/c1-15(2)16-7-9-17(10-8-16)24(30)26-18-11-12-19(21(13-18)31-14-23(28)29)25-27-20-5-3-4-6-22(20)32-25/h3-13,15H,14H2,1-2H3,(H,26,30)(H,28,29). The van der Waals surface area contributed by atoms with Gasteiger partial charge in [0.15, 0.2) is 6.61 Å². The molecule has 0 saturated heterocycles. The largest absolute Gasteiger partial charge is 0.481 e. The highest BCUT2D eigenvalue weighted by molar-refractivity contribution is 7.21. The molecule has 32 heavy (non-hydrogen) atoms. The van der Waals surface area contributed by atoms with E-state index >= 15 is 0 Å². The van der Waals surface area contributed by atoms with Crippen LogP contribution < -0.4 is 10.1 Å². The van der Waals surface area contributed by atoms with Crippen molar-refractivity contribution in [1.29, 1.82) is 0 Å². The number of nitrogens with zero attached hydrogens (tertiary/aromatic N) is 1. The van der Waals surface area contributed by atoms with Crippen LogP contribution in [0.15, 0.2) is 66.7 Å². The first kappa shape index (κ1) is 21.5. The van der Waals surface area contributed by atoms with Crippen molar-refractivity contribution in [2.75, 3.05) is 11.9 Å². The minimum absolute atomic E-state index is 0.253. The van der Waals surface area contributed by atoms with Crippen molar-refractivity contribution in [3.63, 3.8) is 0 Å². The third kappa shape index (κ3) is 4.78. The molecule has 1 heterocycles. The number of amides is 1. The molecule has 162 valence electrons. The summed E-state index contributed by atoms with van der Waals surface area (Å²) in [6.07, 6.45) is 0. The van der Waals surface area contributed by atoms with Gasteiger partial charge in [0.05, 0.1) is 15.8 Å². The minimum Gasteiger partial charge on any atom is -0.481 e. The van der Waals surface area contributed by atoms with Crippen LogP contribution in [0.2, 0.25) is 0 Å². The first-order valence-corrected chi connectivity index (χ1v) is 11.0. The van der Waals surface area contributed by atoms with Gasteiger partial charge in [-0.3, -0.25) is 4.79 Å². The summed E-state index contributed by atoms with van der Waals surface area (Å²) in [5.41, 5.74) is 3.74. The molecule has 0 aliphatic rings. The van der Waals surface area contributed by atoms with Gasteiger partial charge in [-0.05, 0) is 47.9 Å². The van der Waals surface area contributed by atoms with Crippen molar-refractivity contribution < 1.29 is 19.4 Å². The van der Waals surface area contributed by atoms with Crippen LogP contribution in [0.4, 0.5) is 5.69 Å². The van der Waals surface area contributed by atoms with Gasteiger partial charge in [0.25, 0.3) is 5.91 Å². The topological polar surface area (TPSA) is 88.5 Å². The summed E-state index contributed by atoms with van der Waals surface area (Å²) in [4.78, 5) is 28.4. The fraction of sp³-hybridized carbons (Fsp3) is 0.160. The number of para-hydroxylation sites is 1. The van der Waals surface area contributed by atoms with E-state index in [1.807, 2.05) is 36.4 Å². The van der Waals surface area contributed by atoms with Crippen molar-refractivity contribution in [1.82, 2.24) is 4.98 Å². The number of anilines is 1. The van der Waals surface area contributed by atoms with E-state index in [0.29, 0.717) is 33.5 Å².